The molecule has 0 saturated heterocycles. The van der Waals surface area contributed by atoms with Crippen molar-refractivity contribution in [2.45, 2.75) is 18.7 Å². The molecule has 0 aliphatic carbocycles. The summed E-state index contributed by atoms with van der Waals surface area (Å²) in [5, 5.41) is 3.09. The van der Waals surface area contributed by atoms with Gasteiger partial charge < -0.3 is 5.32 Å². The molecule has 0 fully saturated rings. The van der Waals surface area contributed by atoms with Crippen LogP contribution in [0.25, 0.3) is 0 Å². The molecule has 0 amide bonds. The number of halogens is 1. The van der Waals surface area contributed by atoms with E-state index in [1.807, 2.05) is 0 Å². The summed E-state index contributed by atoms with van der Waals surface area (Å²) < 4.78 is 26.0. The Kier molecular flexibility index (Phi) is 4.73. The van der Waals surface area contributed by atoms with Crippen LogP contribution in [0.3, 0.4) is 0 Å². The molecule has 0 saturated carbocycles. The van der Waals surface area contributed by atoms with E-state index in [9.17, 15) is 8.42 Å². The molecule has 0 spiro atoms. The second-order valence-corrected chi connectivity index (χ2v) is 5.65. The van der Waals surface area contributed by atoms with Gasteiger partial charge in [-0.1, -0.05) is 25.4 Å². The average Bonchev–Trinajstić information content (AvgIpc) is 2.29. The lowest BCUT2D eigenvalue weighted by atomic mass is 10.4. The SMILES string of the molecule is CCN(CC)S(=O)(=O)c1cncc(Cl)c1NC. The minimum Gasteiger partial charge on any atom is -0.386 e. The van der Waals surface area contributed by atoms with Crippen molar-refractivity contribution < 1.29 is 8.42 Å². The van der Waals surface area contributed by atoms with Crippen molar-refractivity contribution >= 4 is 27.3 Å². The molecule has 0 aromatic carbocycles. The smallest absolute Gasteiger partial charge is 0.246 e. The van der Waals surface area contributed by atoms with Crippen LogP contribution >= 0.6 is 11.6 Å². The third kappa shape index (κ3) is 2.70. The summed E-state index contributed by atoms with van der Waals surface area (Å²) in [4.78, 5) is 3.94. The minimum atomic E-state index is -3.54. The third-order valence-corrected chi connectivity index (χ3v) is 4.79. The van der Waals surface area contributed by atoms with Crippen molar-refractivity contribution in [3.63, 3.8) is 0 Å². The highest BCUT2D eigenvalue weighted by Gasteiger charge is 2.25. The average molecular weight is 278 g/mol. The number of sulfonamides is 1. The van der Waals surface area contributed by atoms with Gasteiger partial charge >= 0.3 is 0 Å². The number of nitrogens with one attached hydrogen (secondary N) is 1. The van der Waals surface area contributed by atoms with Gasteiger partial charge in [0.1, 0.15) is 4.90 Å². The van der Waals surface area contributed by atoms with Gasteiger partial charge in [0, 0.05) is 32.5 Å². The molecule has 17 heavy (non-hydrogen) atoms. The summed E-state index contributed by atoms with van der Waals surface area (Å²) in [6.45, 7) is 4.40. The molecule has 0 aliphatic heterocycles. The van der Waals surface area contributed by atoms with Crippen LogP contribution in [-0.4, -0.2) is 37.8 Å². The topological polar surface area (TPSA) is 62.3 Å². The molecule has 0 atom stereocenters. The number of hydrogen-bond donors (Lipinski definition) is 1. The van der Waals surface area contributed by atoms with Gasteiger partial charge in [-0.25, -0.2) is 8.42 Å². The Bertz CT molecular complexity index is 486. The Morgan fingerprint density at radius 1 is 1.35 bits per heavy atom. The van der Waals surface area contributed by atoms with Crippen LogP contribution in [0.15, 0.2) is 17.3 Å². The van der Waals surface area contributed by atoms with Crippen molar-refractivity contribution in [2.75, 3.05) is 25.5 Å². The lowest BCUT2D eigenvalue weighted by Gasteiger charge is -2.20. The first-order valence-electron chi connectivity index (χ1n) is 5.30. The van der Waals surface area contributed by atoms with E-state index in [2.05, 4.69) is 10.3 Å². The number of anilines is 1. The summed E-state index contributed by atoms with van der Waals surface area (Å²) in [6, 6.07) is 0. The maximum absolute atomic E-state index is 12.3. The first-order chi connectivity index (χ1) is 7.98. The Morgan fingerprint density at radius 2 is 1.94 bits per heavy atom. The fourth-order valence-corrected chi connectivity index (χ4v) is 3.49. The minimum absolute atomic E-state index is 0.108. The Hall–Kier alpha value is -0.850. The molecule has 0 radical (unpaired) electrons. The zero-order valence-corrected chi connectivity index (χ0v) is 11.6. The fraction of sp³-hybridized carbons (Fsp3) is 0.500. The van der Waals surface area contributed by atoms with Gasteiger partial charge in [0.15, 0.2) is 0 Å². The molecule has 5 nitrogen and oxygen atoms in total. The summed E-state index contributed by atoms with van der Waals surface area (Å²) in [7, 11) is -1.92. The highest BCUT2D eigenvalue weighted by molar-refractivity contribution is 7.89. The molecular formula is C10H16ClN3O2S. The van der Waals surface area contributed by atoms with E-state index in [-0.39, 0.29) is 4.90 Å². The third-order valence-electron chi connectivity index (χ3n) is 2.44. The van der Waals surface area contributed by atoms with Gasteiger partial charge in [0.25, 0.3) is 0 Å². The highest BCUT2D eigenvalue weighted by atomic mass is 35.5. The van der Waals surface area contributed by atoms with E-state index in [0.29, 0.717) is 23.8 Å². The normalized spacial score (nSPS) is 11.8. The zero-order chi connectivity index (χ0) is 13.1. The van der Waals surface area contributed by atoms with Crippen LogP contribution in [0.2, 0.25) is 5.02 Å². The number of hydrogen-bond acceptors (Lipinski definition) is 4. The first kappa shape index (κ1) is 14.2. The van der Waals surface area contributed by atoms with Crippen LogP contribution in [0.1, 0.15) is 13.8 Å². The van der Waals surface area contributed by atoms with Gasteiger partial charge in [0.05, 0.1) is 10.7 Å². The Morgan fingerprint density at radius 3 is 2.41 bits per heavy atom. The number of nitrogens with zero attached hydrogens (tertiary/aromatic N) is 2. The van der Waals surface area contributed by atoms with E-state index < -0.39 is 10.0 Å². The highest BCUT2D eigenvalue weighted by Crippen LogP contribution is 2.29. The van der Waals surface area contributed by atoms with Gasteiger partial charge in [-0.2, -0.15) is 4.31 Å². The summed E-state index contributed by atoms with van der Waals surface area (Å²) in [5.74, 6) is 0. The van der Waals surface area contributed by atoms with E-state index >= 15 is 0 Å². The second-order valence-electron chi connectivity index (χ2n) is 3.33. The number of aromatic nitrogens is 1. The van der Waals surface area contributed by atoms with Gasteiger partial charge in [-0.15, -0.1) is 0 Å². The molecule has 0 aliphatic rings. The molecule has 0 unspecified atom stereocenters. The maximum Gasteiger partial charge on any atom is 0.246 e. The lowest BCUT2D eigenvalue weighted by molar-refractivity contribution is 0.445. The molecule has 7 heteroatoms. The van der Waals surface area contributed by atoms with Crippen LogP contribution in [0.4, 0.5) is 5.69 Å². The predicted molar refractivity (Wildman–Crippen MR) is 68.9 cm³/mol. The Balaban J connectivity index is 3.38. The van der Waals surface area contributed by atoms with E-state index in [0.717, 1.165) is 0 Å². The quantitative estimate of drug-likeness (QED) is 0.892. The van der Waals surface area contributed by atoms with Gasteiger partial charge in [-0.3, -0.25) is 4.98 Å². The van der Waals surface area contributed by atoms with Crippen molar-refractivity contribution in [1.82, 2.24) is 9.29 Å². The molecule has 1 aromatic heterocycles. The standard InChI is InChI=1S/C10H16ClN3O2S/c1-4-14(5-2)17(15,16)9-7-13-6-8(11)10(9)12-3/h6-7H,4-5H2,1-3H3,(H,12,13). The van der Waals surface area contributed by atoms with E-state index in [4.69, 9.17) is 11.6 Å². The van der Waals surface area contributed by atoms with Crippen LogP contribution in [0.5, 0.6) is 0 Å². The van der Waals surface area contributed by atoms with Crippen molar-refractivity contribution in [2.24, 2.45) is 0 Å². The summed E-state index contributed by atoms with van der Waals surface area (Å²) >= 11 is 5.92. The summed E-state index contributed by atoms with van der Waals surface area (Å²) in [6.07, 6.45) is 2.72. The second kappa shape index (κ2) is 5.66. The molecule has 1 N–H and O–H groups in total. The Labute approximate surface area is 107 Å². The number of rotatable bonds is 5. The lowest BCUT2D eigenvalue weighted by Crippen LogP contribution is -2.31. The fourth-order valence-electron chi connectivity index (χ4n) is 1.56. The maximum atomic E-state index is 12.3. The van der Waals surface area contributed by atoms with Gasteiger partial charge in [-0.05, 0) is 0 Å². The zero-order valence-electron chi connectivity index (χ0n) is 10.1. The van der Waals surface area contributed by atoms with Crippen molar-refractivity contribution in [3.8, 4) is 0 Å². The van der Waals surface area contributed by atoms with Crippen molar-refractivity contribution in [1.29, 1.82) is 0 Å². The molecule has 1 rings (SSSR count). The largest absolute Gasteiger partial charge is 0.386 e. The van der Waals surface area contributed by atoms with Crippen LogP contribution < -0.4 is 5.32 Å². The van der Waals surface area contributed by atoms with Gasteiger partial charge in [0.2, 0.25) is 10.0 Å². The summed E-state index contributed by atoms with van der Waals surface area (Å²) in [5.41, 5.74) is 0.383. The van der Waals surface area contributed by atoms with Crippen LogP contribution in [-0.2, 0) is 10.0 Å². The molecule has 0 bridgehead atoms. The monoisotopic (exact) mass is 277 g/mol. The number of pyridine rings is 1. The molecule has 96 valence electrons. The van der Waals surface area contributed by atoms with E-state index in [1.54, 1.807) is 20.9 Å². The molecule has 1 aromatic rings. The predicted octanol–water partition coefficient (Wildman–Crippen LogP) is 1.81. The molecule has 1 heterocycles. The van der Waals surface area contributed by atoms with Crippen molar-refractivity contribution in [3.05, 3.63) is 17.4 Å². The van der Waals surface area contributed by atoms with Crippen LogP contribution in [0, 0.1) is 0 Å². The molecular weight excluding hydrogens is 262 g/mol. The van der Waals surface area contributed by atoms with E-state index in [1.165, 1.54) is 16.7 Å². The first-order valence-corrected chi connectivity index (χ1v) is 7.12.